The van der Waals surface area contributed by atoms with Gasteiger partial charge in [0.1, 0.15) is 0 Å². The molecule has 3 aromatic rings. The number of rotatable bonds is 8. The smallest absolute Gasteiger partial charge is 0.241 e. The molecule has 1 atom stereocenters. The molecule has 0 spiro atoms. The monoisotopic (exact) mass is 471 g/mol. The Hall–Kier alpha value is -3.35. The number of carbonyl (C=O) groups excluding carboxylic acids is 1. The highest BCUT2D eigenvalue weighted by Crippen LogP contribution is 2.37. The van der Waals surface area contributed by atoms with Crippen LogP contribution in [0.5, 0.6) is 0 Å². The molecule has 1 amide bonds. The molecule has 0 aromatic heterocycles. The van der Waals surface area contributed by atoms with Gasteiger partial charge in [0.2, 0.25) is 5.91 Å². The van der Waals surface area contributed by atoms with Gasteiger partial charge in [0, 0.05) is 40.3 Å². The third kappa shape index (κ3) is 5.34. The van der Waals surface area contributed by atoms with Crippen molar-refractivity contribution in [1.82, 2.24) is 15.8 Å². The van der Waals surface area contributed by atoms with E-state index in [9.17, 15) is 4.79 Å². The van der Waals surface area contributed by atoms with Crippen molar-refractivity contribution in [3.8, 4) is 0 Å². The summed E-state index contributed by atoms with van der Waals surface area (Å²) in [6, 6.07) is 26.0. The lowest BCUT2D eigenvalue weighted by Gasteiger charge is -2.42. The fourth-order valence-corrected chi connectivity index (χ4v) is 5.26. The summed E-state index contributed by atoms with van der Waals surface area (Å²) < 4.78 is 0. The van der Waals surface area contributed by atoms with Gasteiger partial charge in [-0.15, -0.1) is 0 Å². The quantitative estimate of drug-likeness (QED) is 0.428. The van der Waals surface area contributed by atoms with Gasteiger partial charge in [-0.05, 0) is 42.2 Å². The molecule has 1 saturated heterocycles. The van der Waals surface area contributed by atoms with Crippen molar-refractivity contribution in [2.45, 2.75) is 25.8 Å². The summed E-state index contributed by atoms with van der Waals surface area (Å²) >= 11 is 0. The molecule has 35 heavy (non-hydrogen) atoms. The minimum Gasteiger partial charge on any atom is -0.386 e. The number of nitrogens with one attached hydrogen (secondary N) is 3. The number of hydrogen-bond donors (Lipinski definition) is 3. The fraction of sp³-hybridized carbons (Fsp3) is 0.345. The molecule has 4 rings (SSSR count). The molecule has 1 aliphatic heterocycles. The zero-order valence-electron chi connectivity index (χ0n) is 21.2. The molecule has 0 bridgehead atoms. The van der Waals surface area contributed by atoms with Crippen molar-refractivity contribution >= 4 is 17.3 Å². The maximum Gasteiger partial charge on any atom is 0.241 e. The molecule has 0 aliphatic carbocycles. The number of hydrazine groups is 1. The number of hydrogen-bond acceptors (Lipinski definition) is 5. The maximum absolute atomic E-state index is 12.5. The normalized spacial score (nSPS) is 15.2. The van der Waals surface area contributed by atoms with Crippen LogP contribution in [-0.2, 0) is 4.79 Å². The van der Waals surface area contributed by atoms with Gasteiger partial charge in [-0.25, -0.2) is 5.43 Å². The van der Waals surface area contributed by atoms with Crippen LogP contribution < -0.4 is 21.1 Å². The molecule has 6 heteroatoms. The highest BCUT2D eigenvalue weighted by molar-refractivity contribution is 5.85. The van der Waals surface area contributed by atoms with Gasteiger partial charge in [-0.2, -0.15) is 0 Å². The van der Waals surface area contributed by atoms with E-state index in [1.165, 1.54) is 16.8 Å². The summed E-state index contributed by atoms with van der Waals surface area (Å²) in [5.74, 6) is -0.272. The molecule has 184 valence electrons. The van der Waals surface area contributed by atoms with E-state index in [1.54, 1.807) is 7.05 Å². The van der Waals surface area contributed by atoms with Gasteiger partial charge >= 0.3 is 0 Å². The van der Waals surface area contributed by atoms with Crippen molar-refractivity contribution in [3.05, 3.63) is 95.1 Å². The van der Waals surface area contributed by atoms with Crippen LogP contribution in [0.15, 0.2) is 72.8 Å². The van der Waals surface area contributed by atoms with Crippen LogP contribution in [0.1, 0.15) is 41.1 Å². The summed E-state index contributed by atoms with van der Waals surface area (Å²) in [5, 5.41) is 3.37. The second-order valence-electron chi connectivity index (χ2n) is 9.13. The van der Waals surface area contributed by atoms with Crippen molar-refractivity contribution in [2.75, 3.05) is 50.5 Å². The molecule has 3 aromatic carbocycles. The number of nitrogens with zero attached hydrogens (tertiary/aromatic N) is 2. The van der Waals surface area contributed by atoms with Crippen LogP contribution in [-0.4, -0.2) is 51.1 Å². The topological polar surface area (TPSA) is 59.6 Å². The third-order valence-electron chi connectivity index (χ3n) is 7.08. The Morgan fingerprint density at radius 1 is 0.829 bits per heavy atom. The summed E-state index contributed by atoms with van der Waals surface area (Å²) in [6.45, 7) is 7.85. The molecule has 0 radical (unpaired) electrons. The van der Waals surface area contributed by atoms with Crippen LogP contribution in [0.2, 0.25) is 0 Å². The Bertz CT molecular complexity index is 1070. The van der Waals surface area contributed by atoms with Crippen LogP contribution >= 0.6 is 0 Å². The number of piperazine rings is 1. The summed E-state index contributed by atoms with van der Waals surface area (Å²) in [5.41, 5.74) is 12.6. The Balaban J connectivity index is 1.59. The van der Waals surface area contributed by atoms with Gasteiger partial charge in [0.05, 0.1) is 23.3 Å². The summed E-state index contributed by atoms with van der Waals surface area (Å²) in [7, 11) is 3.68. The van der Waals surface area contributed by atoms with E-state index < -0.39 is 0 Å². The van der Waals surface area contributed by atoms with Gasteiger partial charge < -0.3 is 10.2 Å². The van der Waals surface area contributed by atoms with Crippen molar-refractivity contribution in [2.24, 2.45) is 0 Å². The Labute approximate surface area is 209 Å². The molecule has 1 unspecified atom stereocenters. The Morgan fingerprint density at radius 2 is 1.40 bits per heavy atom. The minimum atomic E-state index is -0.242. The average molecular weight is 472 g/mol. The van der Waals surface area contributed by atoms with E-state index in [4.69, 9.17) is 0 Å². The summed E-state index contributed by atoms with van der Waals surface area (Å²) in [4.78, 5) is 17.6. The summed E-state index contributed by atoms with van der Waals surface area (Å²) in [6.07, 6.45) is 0. The standard InChI is InChI=1S/C29H37N5O/c1-21-25(22(2)29(35)32-31-4)15-16-26(30-3)27(21)33-17-19-34(20-18-33)28(23-11-7-5-8-12-23)24-13-9-6-10-14-24/h5-16,22,28,30-31H,17-20H2,1-4H3,(H,32,35). The van der Waals surface area contributed by atoms with E-state index in [0.29, 0.717) is 0 Å². The van der Waals surface area contributed by atoms with Crippen molar-refractivity contribution in [1.29, 1.82) is 0 Å². The molecular weight excluding hydrogens is 434 g/mol. The minimum absolute atomic E-state index is 0.0304. The van der Waals surface area contributed by atoms with Gasteiger partial charge in [0.15, 0.2) is 0 Å². The molecular formula is C29H37N5O. The number of amides is 1. The molecule has 0 saturated carbocycles. The van der Waals surface area contributed by atoms with Crippen LogP contribution in [0.25, 0.3) is 0 Å². The van der Waals surface area contributed by atoms with Crippen molar-refractivity contribution in [3.63, 3.8) is 0 Å². The van der Waals surface area contributed by atoms with Crippen molar-refractivity contribution < 1.29 is 4.79 Å². The molecule has 1 heterocycles. The van der Waals surface area contributed by atoms with Crippen LogP contribution in [0, 0.1) is 6.92 Å². The zero-order valence-corrected chi connectivity index (χ0v) is 21.2. The predicted molar refractivity (Wildman–Crippen MR) is 145 cm³/mol. The number of carbonyl (C=O) groups is 1. The highest BCUT2D eigenvalue weighted by atomic mass is 16.2. The van der Waals surface area contributed by atoms with E-state index >= 15 is 0 Å². The van der Waals surface area contributed by atoms with Gasteiger partial charge in [-0.1, -0.05) is 66.7 Å². The van der Waals surface area contributed by atoms with Crippen LogP contribution in [0.3, 0.4) is 0 Å². The van der Waals surface area contributed by atoms with E-state index in [-0.39, 0.29) is 17.9 Å². The first-order valence-electron chi connectivity index (χ1n) is 12.4. The lowest BCUT2D eigenvalue weighted by atomic mass is 9.93. The lowest BCUT2D eigenvalue weighted by molar-refractivity contribution is -0.123. The van der Waals surface area contributed by atoms with Gasteiger partial charge in [0.25, 0.3) is 0 Å². The first-order valence-corrected chi connectivity index (χ1v) is 12.4. The Kier molecular flexibility index (Phi) is 8.06. The second kappa shape index (κ2) is 11.4. The third-order valence-corrected chi connectivity index (χ3v) is 7.08. The largest absolute Gasteiger partial charge is 0.386 e. The fourth-order valence-electron chi connectivity index (χ4n) is 5.26. The Morgan fingerprint density at radius 3 is 1.91 bits per heavy atom. The van der Waals surface area contributed by atoms with Crippen LogP contribution in [0.4, 0.5) is 11.4 Å². The van der Waals surface area contributed by atoms with E-state index in [1.807, 2.05) is 14.0 Å². The zero-order chi connectivity index (χ0) is 24.8. The van der Waals surface area contributed by atoms with E-state index in [0.717, 1.165) is 43.0 Å². The highest BCUT2D eigenvalue weighted by Gasteiger charge is 2.29. The number of benzene rings is 3. The molecule has 1 aliphatic rings. The molecule has 3 N–H and O–H groups in total. The number of anilines is 2. The molecule has 1 fully saturated rings. The molecule has 6 nitrogen and oxygen atoms in total. The SMILES string of the molecule is CNNC(=O)C(C)c1ccc(NC)c(N2CCN(C(c3ccccc3)c3ccccc3)CC2)c1C. The first-order chi connectivity index (χ1) is 17.0. The van der Waals surface area contributed by atoms with E-state index in [2.05, 4.69) is 106 Å². The average Bonchev–Trinajstić information content (AvgIpc) is 2.90. The second-order valence-corrected chi connectivity index (χ2v) is 9.13. The maximum atomic E-state index is 12.5. The van der Waals surface area contributed by atoms with Gasteiger partial charge in [-0.3, -0.25) is 15.1 Å². The first kappa shape index (κ1) is 24.8. The lowest BCUT2D eigenvalue weighted by Crippen LogP contribution is -2.48. The predicted octanol–water partition coefficient (Wildman–Crippen LogP) is 4.30.